The van der Waals surface area contributed by atoms with Crippen LogP contribution in [0.2, 0.25) is 0 Å². The second-order valence-electron chi connectivity index (χ2n) is 3.37. The first-order valence-corrected chi connectivity index (χ1v) is 4.60. The highest BCUT2D eigenvalue weighted by Crippen LogP contribution is 2.26. The van der Waals surface area contributed by atoms with E-state index in [2.05, 4.69) is 0 Å². The van der Waals surface area contributed by atoms with Crippen LogP contribution in [-0.4, -0.2) is 17.3 Å². The first kappa shape index (κ1) is 9.15. The summed E-state index contributed by atoms with van der Waals surface area (Å²) in [4.78, 5) is 9.90. The van der Waals surface area contributed by atoms with Crippen LogP contribution in [0.25, 0.3) is 0 Å². The van der Waals surface area contributed by atoms with Crippen LogP contribution < -0.4 is 0 Å². The van der Waals surface area contributed by atoms with Gasteiger partial charge in [-0.25, -0.2) is 0 Å². The number of hydrogen-bond acceptors (Lipinski definition) is 3. The quantitative estimate of drug-likeness (QED) is 0.414. The summed E-state index contributed by atoms with van der Waals surface area (Å²) in [5, 5.41) is 10.3. The molecular weight excluding hydrogens is 182 g/mol. The van der Waals surface area contributed by atoms with Crippen molar-refractivity contribution in [2.24, 2.45) is 0 Å². The Kier molecular flexibility index (Phi) is 2.45. The van der Waals surface area contributed by atoms with Gasteiger partial charge < -0.3 is 4.74 Å². The first-order valence-electron chi connectivity index (χ1n) is 4.60. The summed E-state index contributed by atoms with van der Waals surface area (Å²) in [6.07, 6.45) is 0.648. The molecule has 1 saturated heterocycles. The van der Waals surface area contributed by atoms with Crippen LogP contribution in [0.4, 0.5) is 0 Å². The van der Waals surface area contributed by atoms with E-state index in [1.54, 1.807) is 0 Å². The lowest BCUT2D eigenvalue weighted by Crippen LogP contribution is -2.06. The fraction of sp³-hybridized carbons (Fsp3) is 0.400. The Bertz CT molecular complexity index is 325. The minimum absolute atomic E-state index is 0.176. The molecule has 4 heteroatoms. The molecule has 1 fully saturated rings. The zero-order chi connectivity index (χ0) is 9.97. The molecule has 1 heterocycles. The molecule has 2 rings (SSSR count). The van der Waals surface area contributed by atoms with Gasteiger partial charge in [-0.1, -0.05) is 30.3 Å². The van der Waals surface area contributed by atoms with Crippen molar-refractivity contribution in [3.05, 3.63) is 46.0 Å². The number of nitrogens with zero attached hydrogens (tertiary/aromatic N) is 1. The lowest BCUT2D eigenvalue weighted by molar-refractivity contribution is -0.516. The van der Waals surface area contributed by atoms with Gasteiger partial charge in [-0.05, 0) is 18.4 Å². The van der Waals surface area contributed by atoms with Gasteiger partial charge in [0.1, 0.15) is 0 Å². The number of nitro groups is 1. The van der Waals surface area contributed by atoms with Crippen molar-refractivity contribution in [1.29, 1.82) is 0 Å². The molecule has 0 spiro atoms. The van der Waals surface area contributed by atoms with Crippen LogP contribution in [0, 0.1) is 10.1 Å². The molecule has 1 aliphatic heterocycles. The van der Waals surface area contributed by atoms with E-state index in [0.29, 0.717) is 0 Å². The molecule has 1 aromatic carbocycles. The molecule has 0 N–H and O–H groups in total. The Labute approximate surface area is 81.7 Å². The Hall–Kier alpha value is -1.42. The summed E-state index contributed by atoms with van der Waals surface area (Å²) in [5.41, 5.74) is 1.20. The molecular formula is C10H11NO3. The van der Waals surface area contributed by atoms with Crippen LogP contribution in [0.1, 0.15) is 12.0 Å². The van der Waals surface area contributed by atoms with Gasteiger partial charge in [-0.3, -0.25) is 10.1 Å². The predicted octanol–water partition coefficient (Wildman–Crippen LogP) is 1.62. The second kappa shape index (κ2) is 3.75. The number of ether oxygens (including phenoxy) is 1. The van der Waals surface area contributed by atoms with Crippen molar-refractivity contribution in [3.63, 3.8) is 0 Å². The number of epoxide rings is 1. The van der Waals surface area contributed by atoms with Gasteiger partial charge in [-0.2, -0.15) is 0 Å². The lowest BCUT2D eigenvalue weighted by atomic mass is 10.1. The average molecular weight is 193 g/mol. The van der Waals surface area contributed by atoms with Crippen molar-refractivity contribution >= 4 is 0 Å². The Morgan fingerprint density at radius 3 is 2.64 bits per heavy atom. The SMILES string of the molecule is O=[N+]([O-])[C@H]1O[C@@H]1CCc1ccccc1. The largest absolute Gasteiger partial charge is 0.342 e. The molecule has 0 bridgehead atoms. The summed E-state index contributed by atoms with van der Waals surface area (Å²) >= 11 is 0. The molecule has 1 aliphatic rings. The molecule has 0 aliphatic carbocycles. The van der Waals surface area contributed by atoms with Crippen molar-refractivity contribution < 1.29 is 9.66 Å². The minimum atomic E-state index is -0.751. The predicted molar refractivity (Wildman–Crippen MR) is 50.4 cm³/mol. The van der Waals surface area contributed by atoms with E-state index in [9.17, 15) is 10.1 Å². The molecule has 4 nitrogen and oxygen atoms in total. The van der Waals surface area contributed by atoms with Gasteiger partial charge in [0.15, 0.2) is 6.10 Å². The molecule has 0 unspecified atom stereocenters. The van der Waals surface area contributed by atoms with E-state index in [0.717, 1.165) is 12.8 Å². The average Bonchev–Trinajstić information content (AvgIpc) is 2.96. The third-order valence-electron chi connectivity index (χ3n) is 2.32. The summed E-state index contributed by atoms with van der Waals surface area (Å²) in [7, 11) is 0. The first-order chi connectivity index (χ1) is 6.77. The van der Waals surface area contributed by atoms with Gasteiger partial charge in [-0.15, -0.1) is 0 Å². The topological polar surface area (TPSA) is 55.7 Å². The smallest absolute Gasteiger partial charge is 0.302 e. The van der Waals surface area contributed by atoms with Gasteiger partial charge in [0.25, 0.3) is 0 Å². The highest BCUT2D eigenvalue weighted by molar-refractivity contribution is 5.14. The van der Waals surface area contributed by atoms with Gasteiger partial charge in [0.2, 0.25) is 0 Å². The van der Waals surface area contributed by atoms with Crippen LogP contribution in [0.5, 0.6) is 0 Å². The number of rotatable bonds is 4. The van der Waals surface area contributed by atoms with Crippen LogP contribution >= 0.6 is 0 Å². The van der Waals surface area contributed by atoms with Crippen molar-refractivity contribution in [3.8, 4) is 0 Å². The van der Waals surface area contributed by atoms with Crippen LogP contribution in [-0.2, 0) is 11.2 Å². The molecule has 0 amide bonds. The molecule has 14 heavy (non-hydrogen) atoms. The van der Waals surface area contributed by atoms with E-state index in [1.165, 1.54) is 5.56 Å². The maximum absolute atomic E-state index is 10.3. The Morgan fingerprint density at radius 1 is 1.36 bits per heavy atom. The van der Waals surface area contributed by atoms with E-state index in [4.69, 9.17) is 4.74 Å². The third-order valence-corrected chi connectivity index (χ3v) is 2.32. The second-order valence-corrected chi connectivity index (χ2v) is 3.37. The van der Waals surface area contributed by atoms with Gasteiger partial charge in [0.05, 0.1) is 4.92 Å². The van der Waals surface area contributed by atoms with E-state index >= 15 is 0 Å². The summed E-state index contributed by atoms with van der Waals surface area (Å²) in [6.45, 7) is 0. The zero-order valence-corrected chi connectivity index (χ0v) is 7.63. The fourth-order valence-electron chi connectivity index (χ4n) is 1.48. The number of benzene rings is 1. The van der Waals surface area contributed by atoms with E-state index in [-0.39, 0.29) is 11.0 Å². The van der Waals surface area contributed by atoms with Crippen molar-refractivity contribution in [1.82, 2.24) is 0 Å². The molecule has 74 valence electrons. The van der Waals surface area contributed by atoms with Crippen molar-refractivity contribution in [2.75, 3.05) is 0 Å². The lowest BCUT2D eigenvalue weighted by Gasteiger charge is -1.96. The number of hydrogen-bond donors (Lipinski definition) is 0. The van der Waals surface area contributed by atoms with Crippen LogP contribution in [0.3, 0.4) is 0 Å². The Morgan fingerprint density at radius 2 is 2.07 bits per heavy atom. The standard InChI is InChI=1S/C10H11NO3/c12-11(13)10-9(14-10)7-6-8-4-2-1-3-5-8/h1-5,9-10H,6-7H2/t9-,10+/m1/s1. The van der Waals surface area contributed by atoms with Gasteiger partial charge >= 0.3 is 6.23 Å². The minimum Gasteiger partial charge on any atom is -0.302 e. The normalized spacial score (nSPS) is 24.6. The molecule has 0 aromatic heterocycles. The summed E-state index contributed by atoms with van der Waals surface area (Å²) < 4.78 is 4.90. The van der Waals surface area contributed by atoms with E-state index < -0.39 is 6.23 Å². The highest BCUT2D eigenvalue weighted by atomic mass is 16.7. The summed E-state index contributed by atoms with van der Waals surface area (Å²) in [6, 6.07) is 9.92. The Balaban J connectivity index is 1.77. The van der Waals surface area contributed by atoms with Crippen molar-refractivity contribution in [2.45, 2.75) is 25.2 Å². The molecule has 0 radical (unpaired) electrons. The molecule has 1 aromatic rings. The molecule has 0 saturated carbocycles. The third kappa shape index (κ3) is 2.09. The fourth-order valence-corrected chi connectivity index (χ4v) is 1.48. The van der Waals surface area contributed by atoms with Gasteiger partial charge in [0, 0.05) is 0 Å². The highest BCUT2D eigenvalue weighted by Gasteiger charge is 2.49. The maximum atomic E-state index is 10.3. The summed E-state index contributed by atoms with van der Waals surface area (Å²) in [5.74, 6) is 0. The van der Waals surface area contributed by atoms with E-state index in [1.807, 2.05) is 30.3 Å². The zero-order valence-electron chi connectivity index (χ0n) is 7.63. The van der Waals surface area contributed by atoms with Crippen LogP contribution in [0.15, 0.2) is 30.3 Å². The number of aryl methyl sites for hydroxylation is 1. The maximum Gasteiger partial charge on any atom is 0.342 e. The monoisotopic (exact) mass is 193 g/mol. The molecule has 2 atom stereocenters.